The van der Waals surface area contributed by atoms with Gasteiger partial charge in [0.15, 0.2) is 0 Å². The Morgan fingerprint density at radius 2 is 0.778 bits per heavy atom. The van der Waals surface area contributed by atoms with E-state index in [0.29, 0.717) is 0 Å². The average Bonchev–Trinajstić information content (AvgIpc) is 2.67. The smallest absolute Gasteiger partial charge is 0.144 e. The minimum absolute atomic E-state index is 0.277. The van der Waals surface area contributed by atoms with Crippen molar-refractivity contribution in [3.05, 3.63) is 0 Å². The van der Waals surface area contributed by atoms with Crippen molar-refractivity contribution < 1.29 is 18.9 Å². The minimum atomic E-state index is -0.519. The van der Waals surface area contributed by atoms with Crippen LogP contribution in [0.25, 0.3) is 0 Å². The largest absolute Gasteiger partial charge is 0.354 e. The standard InChI is InChI=1S/C21H48O4Si2/c1-7-13-20(22-15-9-3,23-16-10-4)26-19-27-21(14-8-2,24-17-11-5)25-18-12-6/h7-19,26-27H2,1-6H3. The summed E-state index contributed by atoms with van der Waals surface area (Å²) in [7, 11) is -1.04. The summed E-state index contributed by atoms with van der Waals surface area (Å²) in [5, 5.41) is 0. The molecule has 0 unspecified atom stereocenters. The lowest BCUT2D eigenvalue weighted by Gasteiger charge is -2.37. The zero-order valence-electron chi connectivity index (χ0n) is 19.2. The Morgan fingerprint density at radius 1 is 0.481 bits per heavy atom. The van der Waals surface area contributed by atoms with Crippen molar-refractivity contribution in [1.29, 1.82) is 0 Å². The lowest BCUT2D eigenvalue weighted by molar-refractivity contribution is -0.187. The van der Waals surface area contributed by atoms with Gasteiger partial charge in [0.25, 0.3) is 0 Å². The van der Waals surface area contributed by atoms with E-state index in [1.807, 2.05) is 0 Å². The van der Waals surface area contributed by atoms with Crippen LogP contribution in [0.5, 0.6) is 0 Å². The van der Waals surface area contributed by atoms with Gasteiger partial charge in [-0.3, -0.25) is 0 Å². The molecule has 4 nitrogen and oxygen atoms in total. The topological polar surface area (TPSA) is 36.9 Å². The summed E-state index contributed by atoms with van der Waals surface area (Å²) in [5.41, 5.74) is 0.712. The predicted molar refractivity (Wildman–Crippen MR) is 122 cm³/mol. The second kappa shape index (κ2) is 17.2. The summed E-state index contributed by atoms with van der Waals surface area (Å²) in [6.45, 7) is 16.4. The summed E-state index contributed by atoms with van der Waals surface area (Å²) in [4.78, 5) is 0. The third-order valence-electron chi connectivity index (χ3n) is 4.65. The molecule has 0 aromatic carbocycles. The van der Waals surface area contributed by atoms with Crippen LogP contribution in [0.4, 0.5) is 0 Å². The molecule has 0 aromatic heterocycles. The first-order valence-electron chi connectivity index (χ1n) is 11.6. The van der Waals surface area contributed by atoms with Gasteiger partial charge in [-0.25, -0.2) is 0 Å². The predicted octanol–water partition coefficient (Wildman–Crippen LogP) is 4.31. The maximum atomic E-state index is 6.34. The molecule has 0 rings (SSSR count). The molecule has 0 bridgehead atoms. The molecule has 6 heteroatoms. The zero-order valence-corrected chi connectivity index (χ0v) is 22.1. The van der Waals surface area contributed by atoms with Gasteiger partial charge >= 0.3 is 0 Å². The molecule has 27 heavy (non-hydrogen) atoms. The molecular formula is C21H48O4Si2. The molecule has 0 aromatic rings. The Kier molecular flexibility index (Phi) is 17.3. The van der Waals surface area contributed by atoms with E-state index in [9.17, 15) is 0 Å². The lowest BCUT2D eigenvalue weighted by Crippen LogP contribution is -2.48. The molecule has 0 saturated heterocycles. The number of hydrogen-bond acceptors (Lipinski definition) is 4. The van der Waals surface area contributed by atoms with E-state index in [4.69, 9.17) is 18.9 Å². The molecule has 0 radical (unpaired) electrons. The van der Waals surface area contributed by atoms with Crippen LogP contribution < -0.4 is 0 Å². The number of ether oxygens (including phenoxy) is 4. The molecule has 0 atom stereocenters. The second-order valence-corrected chi connectivity index (χ2v) is 13.6. The van der Waals surface area contributed by atoms with Gasteiger partial charge < -0.3 is 18.9 Å². The summed E-state index contributed by atoms with van der Waals surface area (Å²) in [6.07, 6.45) is 8.47. The number of hydrogen-bond donors (Lipinski definition) is 0. The molecule has 0 N–H and O–H groups in total. The van der Waals surface area contributed by atoms with E-state index in [2.05, 4.69) is 41.5 Å². The molecule has 0 aliphatic carbocycles. The third kappa shape index (κ3) is 11.8. The maximum absolute atomic E-state index is 6.34. The molecule has 0 heterocycles. The first-order valence-corrected chi connectivity index (χ1v) is 15.0. The summed E-state index contributed by atoms with van der Waals surface area (Å²) in [6, 6.07) is 0. The van der Waals surface area contributed by atoms with Crippen molar-refractivity contribution in [2.75, 3.05) is 26.4 Å². The van der Waals surface area contributed by atoms with Crippen molar-refractivity contribution in [2.24, 2.45) is 0 Å². The van der Waals surface area contributed by atoms with Crippen molar-refractivity contribution in [3.63, 3.8) is 0 Å². The summed E-state index contributed by atoms with van der Waals surface area (Å²) < 4.78 is 25.4. The Labute approximate surface area is 174 Å². The van der Waals surface area contributed by atoms with Gasteiger partial charge in [0, 0.05) is 26.4 Å². The Balaban J connectivity index is 5.06. The van der Waals surface area contributed by atoms with Crippen molar-refractivity contribution in [1.82, 2.24) is 0 Å². The van der Waals surface area contributed by atoms with Gasteiger partial charge in [0.05, 0.1) is 19.0 Å². The van der Waals surface area contributed by atoms with E-state index < -0.39 is 19.0 Å². The Morgan fingerprint density at radius 3 is 1.00 bits per heavy atom. The Bertz CT molecular complexity index is 283. The van der Waals surface area contributed by atoms with Crippen LogP contribution in [0.2, 0.25) is 5.67 Å². The molecular weight excluding hydrogens is 372 g/mol. The van der Waals surface area contributed by atoms with Gasteiger partial charge in [-0.1, -0.05) is 60.1 Å². The zero-order chi connectivity index (χ0) is 20.4. The van der Waals surface area contributed by atoms with E-state index in [1.165, 1.54) is 5.67 Å². The SMILES string of the molecule is CCCOC(CCC)(OCCC)[SiH2]C[SiH2]C(CCC)(OCCC)OCCC. The second-order valence-electron chi connectivity index (χ2n) is 7.57. The fourth-order valence-corrected chi connectivity index (χ4v) is 10.8. The maximum Gasteiger partial charge on any atom is 0.144 e. The van der Waals surface area contributed by atoms with E-state index in [0.717, 1.165) is 77.8 Å². The van der Waals surface area contributed by atoms with Gasteiger partial charge in [-0.15, -0.1) is 0 Å². The van der Waals surface area contributed by atoms with E-state index in [-0.39, 0.29) is 10.8 Å². The molecule has 0 aliphatic heterocycles. The van der Waals surface area contributed by atoms with Gasteiger partial charge in [0.2, 0.25) is 0 Å². The fourth-order valence-electron chi connectivity index (χ4n) is 3.45. The molecule has 164 valence electrons. The van der Waals surface area contributed by atoms with Crippen LogP contribution in [0.3, 0.4) is 0 Å². The molecule has 0 saturated carbocycles. The first kappa shape index (κ1) is 27.3. The van der Waals surface area contributed by atoms with Crippen molar-refractivity contribution in [3.8, 4) is 0 Å². The molecule has 0 fully saturated rings. The van der Waals surface area contributed by atoms with Crippen LogP contribution in [0.15, 0.2) is 0 Å². The fraction of sp³-hybridized carbons (Fsp3) is 1.00. The lowest BCUT2D eigenvalue weighted by atomic mass is 10.3. The molecule has 0 aliphatic rings. The van der Waals surface area contributed by atoms with Gasteiger partial charge in [0.1, 0.15) is 10.8 Å². The Hall–Kier alpha value is 0.274. The highest BCUT2D eigenvalue weighted by Crippen LogP contribution is 2.25. The van der Waals surface area contributed by atoms with Crippen molar-refractivity contribution >= 4 is 19.0 Å². The summed E-state index contributed by atoms with van der Waals surface area (Å²) in [5.74, 6) is 0. The quantitative estimate of drug-likeness (QED) is 0.217. The van der Waals surface area contributed by atoms with Crippen LogP contribution in [0.1, 0.15) is 92.9 Å². The van der Waals surface area contributed by atoms with Crippen LogP contribution >= 0.6 is 0 Å². The highest BCUT2D eigenvalue weighted by atomic mass is 28.3. The number of rotatable bonds is 20. The third-order valence-corrected chi connectivity index (χ3v) is 10.5. The monoisotopic (exact) mass is 420 g/mol. The molecule has 0 amide bonds. The van der Waals surface area contributed by atoms with E-state index >= 15 is 0 Å². The molecule has 0 spiro atoms. The summed E-state index contributed by atoms with van der Waals surface area (Å²) >= 11 is 0. The highest BCUT2D eigenvalue weighted by Gasteiger charge is 2.35. The van der Waals surface area contributed by atoms with E-state index in [1.54, 1.807) is 0 Å². The highest BCUT2D eigenvalue weighted by molar-refractivity contribution is 6.58. The first-order chi connectivity index (χ1) is 13.1. The minimum Gasteiger partial charge on any atom is -0.354 e. The average molecular weight is 421 g/mol. The van der Waals surface area contributed by atoms with Crippen molar-refractivity contribution in [2.45, 2.75) is 109 Å². The van der Waals surface area contributed by atoms with Crippen LogP contribution in [0, 0.1) is 0 Å². The van der Waals surface area contributed by atoms with Gasteiger partial charge in [-0.2, -0.15) is 0 Å². The van der Waals surface area contributed by atoms with Crippen LogP contribution in [-0.4, -0.2) is 56.3 Å². The van der Waals surface area contributed by atoms with Crippen LogP contribution in [-0.2, 0) is 18.9 Å². The normalized spacial score (nSPS) is 13.6. The van der Waals surface area contributed by atoms with Gasteiger partial charge in [-0.05, 0) is 38.5 Å².